The van der Waals surface area contributed by atoms with Crippen LogP contribution in [-0.4, -0.2) is 18.4 Å². The summed E-state index contributed by atoms with van der Waals surface area (Å²) >= 11 is 0. The molecule has 0 amide bonds. The second kappa shape index (κ2) is 5.04. The first kappa shape index (κ1) is 13.3. The van der Waals surface area contributed by atoms with Crippen molar-refractivity contribution in [3.8, 4) is 6.07 Å². The molecule has 21 heavy (non-hydrogen) atoms. The Morgan fingerprint density at radius 3 is 2.71 bits per heavy atom. The van der Waals surface area contributed by atoms with Crippen molar-refractivity contribution in [1.29, 1.82) is 5.26 Å². The van der Waals surface area contributed by atoms with Crippen molar-refractivity contribution in [1.82, 2.24) is 9.97 Å². The number of benzene rings is 2. The van der Waals surface area contributed by atoms with Crippen LogP contribution in [0.1, 0.15) is 11.1 Å². The molecule has 0 saturated carbocycles. The Morgan fingerprint density at radius 1 is 1.14 bits per heavy atom. The zero-order chi connectivity index (χ0) is 14.9. The fourth-order valence-electron chi connectivity index (χ4n) is 2.10. The molecule has 1 heterocycles. The number of aromatic amines is 1. The largest absolute Gasteiger partial charge is 0.329 e. The third-order valence-electron chi connectivity index (χ3n) is 3.08. The van der Waals surface area contributed by atoms with Gasteiger partial charge in [0.1, 0.15) is 0 Å². The fourth-order valence-corrected chi connectivity index (χ4v) is 3.35. The van der Waals surface area contributed by atoms with Gasteiger partial charge in [-0.1, -0.05) is 24.3 Å². The van der Waals surface area contributed by atoms with Crippen LogP contribution in [-0.2, 0) is 15.6 Å². The number of nitrogens with zero attached hydrogens (tertiary/aromatic N) is 2. The smallest absolute Gasteiger partial charge is 0.226 e. The maximum Gasteiger partial charge on any atom is 0.226 e. The minimum atomic E-state index is -3.58. The molecule has 0 saturated heterocycles. The van der Waals surface area contributed by atoms with Gasteiger partial charge in [0.25, 0.3) is 0 Å². The number of para-hydroxylation sites is 2. The van der Waals surface area contributed by atoms with Crippen LogP contribution < -0.4 is 0 Å². The Morgan fingerprint density at radius 2 is 1.95 bits per heavy atom. The Bertz CT molecular complexity index is 919. The molecule has 3 rings (SSSR count). The Kier molecular flexibility index (Phi) is 3.20. The molecule has 2 aromatic carbocycles. The molecule has 0 atom stereocenters. The first-order valence-corrected chi connectivity index (χ1v) is 7.90. The highest BCUT2D eigenvalue weighted by Crippen LogP contribution is 2.18. The molecule has 6 heteroatoms. The van der Waals surface area contributed by atoms with Crippen LogP contribution in [0.25, 0.3) is 11.0 Å². The summed E-state index contributed by atoms with van der Waals surface area (Å²) in [6, 6.07) is 15.7. The molecule has 3 aromatic rings. The topological polar surface area (TPSA) is 86.6 Å². The SMILES string of the molecule is N#Cc1cccc(CS(=O)(=O)c2nc3ccccc3[nH]2)c1. The standard InChI is InChI=1S/C15H11N3O2S/c16-9-11-4-3-5-12(8-11)10-21(19,20)15-17-13-6-1-2-7-14(13)18-15/h1-8H,10H2,(H,17,18). The van der Waals surface area contributed by atoms with E-state index < -0.39 is 9.84 Å². The van der Waals surface area contributed by atoms with Crippen molar-refractivity contribution in [2.24, 2.45) is 0 Å². The molecule has 1 N–H and O–H groups in total. The van der Waals surface area contributed by atoms with Gasteiger partial charge in [0.2, 0.25) is 15.0 Å². The van der Waals surface area contributed by atoms with Gasteiger partial charge in [0.05, 0.1) is 28.4 Å². The highest BCUT2D eigenvalue weighted by atomic mass is 32.2. The quantitative estimate of drug-likeness (QED) is 0.804. The molecule has 0 fully saturated rings. The third-order valence-corrected chi connectivity index (χ3v) is 4.57. The van der Waals surface area contributed by atoms with Crippen molar-refractivity contribution in [2.75, 3.05) is 0 Å². The minimum absolute atomic E-state index is 0.0499. The van der Waals surface area contributed by atoms with Gasteiger partial charge in [-0.3, -0.25) is 0 Å². The van der Waals surface area contributed by atoms with Crippen molar-refractivity contribution in [3.05, 3.63) is 59.7 Å². The lowest BCUT2D eigenvalue weighted by Gasteiger charge is -2.01. The number of H-pyrrole nitrogens is 1. The average molecular weight is 297 g/mol. The molecular formula is C15H11N3O2S. The average Bonchev–Trinajstić information content (AvgIpc) is 2.92. The highest BCUT2D eigenvalue weighted by molar-refractivity contribution is 7.90. The molecule has 0 unspecified atom stereocenters. The Labute approximate surface area is 121 Å². The number of rotatable bonds is 3. The second-order valence-electron chi connectivity index (χ2n) is 4.63. The molecule has 0 radical (unpaired) electrons. The number of hydrogen-bond donors (Lipinski definition) is 1. The van der Waals surface area contributed by atoms with Gasteiger partial charge in [0.15, 0.2) is 0 Å². The van der Waals surface area contributed by atoms with Crippen molar-refractivity contribution >= 4 is 20.9 Å². The van der Waals surface area contributed by atoms with E-state index in [1.165, 1.54) is 0 Å². The molecule has 0 bridgehead atoms. The number of imidazole rings is 1. The lowest BCUT2D eigenvalue weighted by atomic mass is 10.2. The summed E-state index contributed by atoms with van der Waals surface area (Å²) in [5, 5.41) is 8.80. The number of hydrogen-bond acceptors (Lipinski definition) is 4. The summed E-state index contributed by atoms with van der Waals surface area (Å²) in [7, 11) is -3.58. The van der Waals surface area contributed by atoms with E-state index in [9.17, 15) is 8.42 Å². The number of nitriles is 1. The van der Waals surface area contributed by atoms with E-state index in [1.54, 1.807) is 42.5 Å². The summed E-state index contributed by atoms with van der Waals surface area (Å²) in [5.41, 5.74) is 2.30. The Hall–Kier alpha value is -2.65. The molecule has 5 nitrogen and oxygen atoms in total. The maximum atomic E-state index is 12.4. The molecule has 104 valence electrons. The predicted octanol–water partition coefficient (Wildman–Crippen LogP) is 2.41. The molecule has 0 aliphatic carbocycles. The summed E-state index contributed by atoms with van der Waals surface area (Å²) < 4.78 is 24.8. The van der Waals surface area contributed by atoms with Gasteiger partial charge >= 0.3 is 0 Å². The van der Waals surface area contributed by atoms with E-state index >= 15 is 0 Å². The minimum Gasteiger partial charge on any atom is -0.329 e. The van der Waals surface area contributed by atoms with Crippen LogP contribution in [0.5, 0.6) is 0 Å². The van der Waals surface area contributed by atoms with Crippen LogP contribution in [0.4, 0.5) is 0 Å². The number of sulfone groups is 1. The van der Waals surface area contributed by atoms with Crippen molar-refractivity contribution in [2.45, 2.75) is 10.9 Å². The number of nitrogens with one attached hydrogen (secondary N) is 1. The van der Waals surface area contributed by atoms with Gasteiger partial charge in [-0.15, -0.1) is 0 Å². The van der Waals surface area contributed by atoms with Gasteiger partial charge in [-0.05, 0) is 29.8 Å². The number of aromatic nitrogens is 2. The monoisotopic (exact) mass is 297 g/mol. The highest BCUT2D eigenvalue weighted by Gasteiger charge is 2.19. The molecular weight excluding hydrogens is 286 g/mol. The van der Waals surface area contributed by atoms with E-state index in [0.29, 0.717) is 22.2 Å². The van der Waals surface area contributed by atoms with Gasteiger partial charge < -0.3 is 4.98 Å². The third kappa shape index (κ3) is 2.64. The molecule has 1 aromatic heterocycles. The van der Waals surface area contributed by atoms with Gasteiger partial charge in [-0.2, -0.15) is 5.26 Å². The van der Waals surface area contributed by atoms with Crippen molar-refractivity contribution < 1.29 is 8.42 Å². The van der Waals surface area contributed by atoms with E-state index in [2.05, 4.69) is 9.97 Å². The second-order valence-corrected chi connectivity index (χ2v) is 6.54. The summed E-state index contributed by atoms with van der Waals surface area (Å²) in [5.74, 6) is -0.192. The van der Waals surface area contributed by atoms with Crippen molar-refractivity contribution in [3.63, 3.8) is 0 Å². The lowest BCUT2D eigenvalue weighted by Crippen LogP contribution is -2.07. The fraction of sp³-hybridized carbons (Fsp3) is 0.0667. The zero-order valence-electron chi connectivity index (χ0n) is 10.9. The van der Waals surface area contributed by atoms with Crippen LogP contribution in [0.2, 0.25) is 0 Å². The van der Waals surface area contributed by atoms with E-state index in [4.69, 9.17) is 5.26 Å². The van der Waals surface area contributed by atoms with Gasteiger partial charge in [-0.25, -0.2) is 13.4 Å². The first-order chi connectivity index (χ1) is 10.1. The van der Waals surface area contributed by atoms with Gasteiger partial charge in [0, 0.05) is 0 Å². The lowest BCUT2D eigenvalue weighted by molar-refractivity contribution is 0.588. The predicted molar refractivity (Wildman–Crippen MR) is 78.1 cm³/mol. The maximum absolute atomic E-state index is 12.4. The summed E-state index contributed by atoms with van der Waals surface area (Å²) in [4.78, 5) is 6.94. The van der Waals surface area contributed by atoms with E-state index in [0.717, 1.165) is 0 Å². The van der Waals surface area contributed by atoms with E-state index in [-0.39, 0.29) is 10.9 Å². The first-order valence-electron chi connectivity index (χ1n) is 6.25. The molecule has 0 aliphatic rings. The summed E-state index contributed by atoms with van der Waals surface area (Å²) in [6.45, 7) is 0. The normalized spacial score (nSPS) is 11.4. The number of fused-ring (bicyclic) bond motifs is 1. The van der Waals surface area contributed by atoms with Crippen LogP contribution >= 0.6 is 0 Å². The van der Waals surface area contributed by atoms with Crippen LogP contribution in [0.3, 0.4) is 0 Å². The Balaban J connectivity index is 1.98. The molecule has 0 aliphatic heterocycles. The van der Waals surface area contributed by atoms with Crippen LogP contribution in [0.15, 0.2) is 53.7 Å². The summed E-state index contributed by atoms with van der Waals surface area (Å²) in [6.07, 6.45) is 0. The van der Waals surface area contributed by atoms with E-state index in [1.807, 2.05) is 12.1 Å². The zero-order valence-corrected chi connectivity index (χ0v) is 11.8. The molecule has 0 spiro atoms. The van der Waals surface area contributed by atoms with Crippen LogP contribution in [0, 0.1) is 11.3 Å².